The van der Waals surface area contributed by atoms with Crippen molar-refractivity contribution in [3.05, 3.63) is 28.1 Å². The maximum absolute atomic E-state index is 9.58. The quantitative estimate of drug-likeness (QED) is 0.776. The van der Waals surface area contributed by atoms with Crippen molar-refractivity contribution in [3.8, 4) is 5.75 Å². The monoisotopic (exact) mass is 276 g/mol. The Bertz CT molecular complexity index is 452. The first-order valence-corrected chi connectivity index (χ1v) is 6.05. The third-order valence-electron chi connectivity index (χ3n) is 1.90. The van der Waals surface area contributed by atoms with Crippen LogP contribution < -0.4 is 0 Å². The lowest BCUT2D eigenvalue weighted by molar-refractivity contribution is 0.483. The van der Waals surface area contributed by atoms with Crippen molar-refractivity contribution in [2.24, 2.45) is 0 Å². The van der Waals surface area contributed by atoms with Gasteiger partial charge in [-0.05, 0) is 17.7 Å². The lowest BCUT2D eigenvalue weighted by Gasteiger charge is -2.02. The zero-order chi connectivity index (χ0) is 9.42. The summed E-state index contributed by atoms with van der Waals surface area (Å²) in [7, 11) is 0. The van der Waals surface area contributed by atoms with Gasteiger partial charge < -0.3 is 5.11 Å². The second kappa shape index (κ2) is 3.48. The smallest absolute Gasteiger partial charge is 0.134 e. The number of alkyl halides is 1. The van der Waals surface area contributed by atoms with Crippen LogP contribution in [0.1, 0.15) is 5.56 Å². The molecule has 0 fully saturated rings. The third-order valence-corrected chi connectivity index (χ3v) is 3.75. The van der Waals surface area contributed by atoms with E-state index in [1.807, 2.05) is 12.1 Å². The molecule has 4 heteroatoms. The molecule has 1 aromatic carbocycles. The van der Waals surface area contributed by atoms with Crippen LogP contribution in [0.4, 0.5) is 0 Å². The molecule has 1 N–H and O–H groups in total. The summed E-state index contributed by atoms with van der Waals surface area (Å²) in [4.78, 5) is 0. The average molecular weight is 278 g/mol. The summed E-state index contributed by atoms with van der Waals surface area (Å²) >= 11 is 10.9. The Morgan fingerprint density at radius 1 is 1.46 bits per heavy atom. The summed E-state index contributed by atoms with van der Waals surface area (Å²) in [6.07, 6.45) is 0. The molecule has 2 aromatic rings. The number of fused-ring (bicyclic) bond motifs is 1. The standard InChI is InChI=1S/C9H6BrClOS/c10-3-5-6(11)1-2-8-9(5)7(12)4-13-8/h1-2,4,12H,3H2. The van der Waals surface area contributed by atoms with Crippen LogP contribution in [0.15, 0.2) is 17.5 Å². The lowest BCUT2D eigenvalue weighted by Crippen LogP contribution is -1.80. The molecular weight excluding hydrogens is 272 g/mol. The fourth-order valence-electron chi connectivity index (χ4n) is 1.29. The minimum absolute atomic E-state index is 0.317. The number of hydrogen-bond donors (Lipinski definition) is 1. The molecule has 68 valence electrons. The minimum Gasteiger partial charge on any atom is -0.506 e. The maximum Gasteiger partial charge on any atom is 0.134 e. The normalized spacial score (nSPS) is 10.9. The van der Waals surface area contributed by atoms with Gasteiger partial charge in [-0.25, -0.2) is 0 Å². The van der Waals surface area contributed by atoms with Crippen LogP contribution in [0.3, 0.4) is 0 Å². The highest BCUT2D eigenvalue weighted by atomic mass is 79.9. The molecule has 0 amide bonds. The van der Waals surface area contributed by atoms with Crippen molar-refractivity contribution in [2.45, 2.75) is 5.33 Å². The molecule has 1 nitrogen and oxygen atoms in total. The van der Waals surface area contributed by atoms with Gasteiger partial charge in [-0.1, -0.05) is 27.5 Å². The molecule has 1 aromatic heterocycles. The lowest BCUT2D eigenvalue weighted by atomic mass is 10.1. The van der Waals surface area contributed by atoms with Gasteiger partial charge in [-0.2, -0.15) is 0 Å². The van der Waals surface area contributed by atoms with Gasteiger partial charge in [-0.3, -0.25) is 0 Å². The Labute approximate surface area is 93.1 Å². The van der Waals surface area contributed by atoms with Gasteiger partial charge in [0, 0.05) is 25.8 Å². The van der Waals surface area contributed by atoms with E-state index in [-0.39, 0.29) is 0 Å². The van der Waals surface area contributed by atoms with Crippen molar-refractivity contribution in [1.29, 1.82) is 0 Å². The zero-order valence-corrected chi connectivity index (χ0v) is 9.71. The van der Waals surface area contributed by atoms with Gasteiger partial charge in [0.05, 0.1) is 0 Å². The van der Waals surface area contributed by atoms with Crippen LogP contribution in [0, 0.1) is 0 Å². The summed E-state index contributed by atoms with van der Waals surface area (Å²) in [5.41, 5.74) is 0.956. The molecule has 2 rings (SSSR count). The molecule has 0 spiro atoms. The van der Waals surface area contributed by atoms with Crippen molar-refractivity contribution in [2.75, 3.05) is 0 Å². The molecule has 0 unspecified atom stereocenters. The van der Waals surface area contributed by atoms with Crippen LogP contribution in [-0.4, -0.2) is 5.11 Å². The van der Waals surface area contributed by atoms with Crippen molar-refractivity contribution < 1.29 is 5.11 Å². The topological polar surface area (TPSA) is 20.2 Å². The number of rotatable bonds is 1. The first-order valence-electron chi connectivity index (χ1n) is 3.67. The Balaban J connectivity index is 2.88. The molecule has 0 radical (unpaired) electrons. The van der Waals surface area contributed by atoms with Crippen LogP contribution >= 0.6 is 38.9 Å². The number of benzene rings is 1. The molecule has 0 aliphatic heterocycles. The predicted molar refractivity (Wildman–Crippen MR) is 61.1 cm³/mol. The van der Waals surface area contributed by atoms with E-state index in [0.29, 0.717) is 16.1 Å². The minimum atomic E-state index is 0.317. The second-order valence-corrected chi connectivity index (χ2v) is 4.53. The highest BCUT2D eigenvalue weighted by molar-refractivity contribution is 9.08. The van der Waals surface area contributed by atoms with Gasteiger partial charge in [0.25, 0.3) is 0 Å². The Morgan fingerprint density at radius 3 is 2.92 bits per heavy atom. The van der Waals surface area contributed by atoms with E-state index in [9.17, 15) is 5.11 Å². The van der Waals surface area contributed by atoms with E-state index in [1.165, 1.54) is 11.3 Å². The zero-order valence-electron chi connectivity index (χ0n) is 6.55. The second-order valence-electron chi connectivity index (χ2n) is 2.65. The Morgan fingerprint density at radius 2 is 2.23 bits per heavy atom. The first kappa shape index (κ1) is 9.31. The van der Waals surface area contributed by atoms with E-state index in [2.05, 4.69) is 15.9 Å². The molecule has 1 heterocycles. The summed E-state index contributed by atoms with van der Waals surface area (Å²) < 4.78 is 1.07. The molecule has 0 bridgehead atoms. The summed E-state index contributed by atoms with van der Waals surface area (Å²) in [6.45, 7) is 0. The Hall–Kier alpha value is -0.250. The molecule has 0 aliphatic rings. The van der Waals surface area contributed by atoms with Crippen molar-refractivity contribution in [3.63, 3.8) is 0 Å². The molecule has 0 saturated carbocycles. The molecular formula is C9H6BrClOS. The molecule has 13 heavy (non-hydrogen) atoms. The van der Waals surface area contributed by atoms with Crippen LogP contribution in [0.2, 0.25) is 5.02 Å². The SMILES string of the molecule is Oc1csc2ccc(Cl)c(CBr)c12. The van der Waals surface area contributed by atoms with Crippen LogP contribution in [0.25, 0.3) is 10.1 Å². The van der Waals surface area contributed by atoms with E-state index < -0.39 is 0 Å². The number of hydrogen-bond acceptors (Lipinski definition) is 2. The van der Waals surface area contributed by atoms with Crippen LogP contribution in [0.5, 0.6) is 5.75 Å². The summed E-state index contributed by atoms with van der Waals surface area (Å²) in [5.74, 6) is 0.317. The van der Waals surface area contributed by atoms with Gasteiger partial charge in [-0.15, -0.1) is 11.3 Å². The van der Waals surface area contributed by atoms with Gasteiger partial charge in [0.15, 0.2) is 0 Å². The fourth-order valence-corrected chi connectivity index (χ4v) is 3.11. The highest BCUT2D eigenvalue weighted by Crippen LogP contribution is 2.37. The highest BCUT2D eigenvalue weighted by Gasteiger charge is 2.10. The number of aromatic hydroxyl groups is 1. The van der Waals surface area contributed by atoms with Crippen molar-refractivity contribution >= 4 is 49.0 Å². The summed E-state index contributed by atoms with van der Waals surface area (Å²) in [5, 5.41) is 13.5. The fraction of sp³-hybridized carbons (Fsp3) is 0.111. The average Bonchev–Trinajstić information content (AvgIpc) is 2.49. The number of thiophene rings is 1. The van der Waals surface area contributed by atoms with E-state index in [0.717, 1.165) is 15.6 Å². The maximum atomic E-state index is 9.58. The predicted octanol–water partition coefficient (Wildman–Crippen LogP) is 4.16. The van der Waals surface area contributed by atoms with Gasteiger partial charge >= 0.3 is 0 Å². The van der Waals surface area contributed by atoms with Crippen LogP contribution in [-0.2, 0) is 5.33 Å². The summed E-state index contributed by atoms with van der Waals surface area (Å²) in [6, 6.07) is 3.78. The third kappa shape index (κ3) is 1.45. The van der Waals surface area contributed by atoms with Crippen molar-refractivity contribution in [1.82, 2.24) is 0 Å². The van der Waals surface area contributed by atoms with Gasteiger partial charge in [0.2, 0.25) is 0 Å². The largest absolute Gasteiger partial charge is 0.506 e. The molecule has 0 aliphatic carbocycles. The van der Waals surface area contributed by atoms with E-state index in [1.54, 1.807) is 5.38 Å². The number of halogens is 2. The van der Waals surface area contributed by atoms with E-state index >= 15 is 0 Å². The molecule has 0 saturated heterocycles. The Kier molecular flexibility index (Phi) is 2.49. The van der Waals surface area contributed by atoms with E-state index in [4.69, 9.17) is 11.6 Å². The first-order chi connectivity index (χ1) is 6.24. The molecule has 0 atom stereocenters. The van der Waals surface area contributed by atoms with Gasteiger partial charge in [0.1, 0.15) is 5.75 Å².